The van der Waals surface area contributed by atoms with Crippen LogP contribution in [0, 0.1) is 0 Å². The molecule has 0 radical (unpaired) electrons. The molecule has 0 bridgehead atoms. The quantitative estimate of drug-likeness (QED) is 0.781. The number of hydrogen-bond donors (Lipinski definition) is 0. The number of alkyl halides is 1. The van der Waals surface area contributed by atoms with Crippen LogP contribution < -0.4 is 0 Å². The number of benzene rings is 1. The molecule has 2 aromatic rings. The number of hydrogen-bond acceptors (Lipinski definition) is 2. The summed E-state index contributed by atoms with van der Waals surface area (Å²) in [6.45, 7) is 0.929. The van der Waals surface area contributed by atoms with Crippen LogP contribution >= 0.6 is 23.2 Å². The summed E-state index contributed by atoms with van der Waals surface area (Å²) in [4.78, 5) is 7.01. The second-order valence-corrected chi connectivity index (χ2v) is 6.86. The summed E-state index contributed by atoms with van der Waals surface area (Å²) in [5.74, 6) is 1.32. The van der Waals surface area contributed by atoms with Gasteiger partial charge in [0.25, 0.3) is 0 Å². The predicted octanol–water partition coefficient (Wildman–Crippen LogP) is 4.30. The van der Waals surface area contributed by atoms with Gasteiger partial charge in [-0.1, -0.05) is 30.5 Å². The van der Waals surface area contributed by atoms with Crippen LogP contribution in [0.5, 0.6) is 0 Å². The summed E-state index contributed by atoms with van der Waals surface area (Å²) in [6, 6.07) is 5.96. The Bertz CT molecular complexity index is 642. The van der Waals surface area contributed by atoms with E-state index in [9.17, 15) is 0 Å². The van der Waals surface area contributed by atoms with Crippen molar-refractivity contribution in [1.82, 2.24) is 14.5 Å². The van der Waals surface area contributed by atoms with E-state index in [1.54, 1.807) is 0 Å². The van der Waals surface area contributed by atoms with Crippen molar-refractivity contribution >= 4 is 34.2 Å². The molecule has 1 aromatic carbocycles. The maximum atomic E-state index is 6.28. The minimum atomic E-state index is 0.205. The van der Waals surface area contributed by atoms with Crippen molar-refractivity contribution in [3.63, 3.8) is 0 Å². The normalized spacial score (nSPS) is 18.0. The molecule has 5 heteroatoms. The van der Waals surface area contributed by atoms with Gasteiger partial charge < -0.3 is 9.47 Å². The lowest BCUT2D eigenvalue weighted by Crippen LogP contribution is -2.45. The molecule has 0 N–H and O–H groups in total. The fourth-order valence-corrected chi connectivity index (χ4v) is 3.93. The summed E-state index contributed by atoms with van der Waals surface area (Å²) in [5, 5.41) is 0.697. The van der Waals surface area contributed by atoms with Gasteiger partial charge in [0.15, 0.2) is 0 Å². The number of para-hydroxylation sites is 1. The number of fused-ring (bicyclic) bond motifs is 1. The highest BCUT2D eigenvalue weighted by Crippen LogP contribution is 2.37. The summed E-state index contributed by atoms with van der Waals surface area (Å²) < 4.78 is 2.26. The van der Waals surface area contributed by atoms with E-state index < -0.39 is 0 Å². The van der Waals surface area contributed by atoms with Crippen LogP contribution in [0.2, 0.25) is 5.02 Å². The Morgan fingerprint density at radius 1 is 1.29 bits per heavy atom. The van der Waals surface area contributed by atoms with Crippen LogP contribution in [0.1, 0.15) is 31.5 Å². The molecule has 1 aliphatic rings. The zero-order valence-electron chi connectivity index (χ0n) is 12.6. The number of rotatable bonds is 4. The number of imidazole rings is 1. The maximum absolute atomic E-state index is 6.28. The molecule has 21 heavy (non-hydrogen) atoms. The van der Waals surface area contributed by atoms with E-state index in [0.717, 1.165) is 23.4 Å². The Balaban J connectivity index is 2.09. The van der Waals surface area contributed by atoms with E-state index in [1.807, 2.05) is 12.1 Å². The summed E-state index contributed by atoms with van der Waals surface area (Å²) in [5.41, 5.74) is 2.16. The molecule has 3 nitrogen and oxygen atoms in total. The molecule has 1 saturated carbocycles. The monoisotopic (exact) mass is 325 g/mol. The second kappa shape index (κ2) is 5.79. The molecule has 0 spiro atoms. The molecule has 0 unspecified atom stereocenters. The molecule has 1 fully saturated rings. The topological polar surface area (TPSA) is 21.1 Å². The average Bonchev–Trinajstić information content (AvgIpc) is 3.06. The molecule has 0 amide bonds. The third-order valence-electron chi connectivity index (χ3n) is 4.86. The van der Waals surface area contributed by atoms with Crippen molar-refractivity contribution in [3.8, 4) is 0 Å². The van der Waals surface area contributed by atoms with Gasteiger partial charge in [0, 0.05) is 12.1 Å². The molecule has 114 valence electrons. The van der Waals surface area contributed by atoms with Gasteiger partial charge >= 0.3 is 0 Å². The van der Waals surface area contributed by atoms with E-state index in [1.165, 1.54) is 25.7 Å². The highest BCUT2D eigenvalue weighted by Gasteiger charge is 2.37. The Labute approximate surface area is 135 Å². The molecule has 0 saturated heterocycles. The van der Waals surface area contributed by atoms with Crippen molar-refractivity contribution in [2.45, 2.75) is 43.6 Å². The minimum absolute atomic E-state index is 0.205. The smallest absolute Gasteiger partial charge is 0.124 e. The van der Waals surface area contributed by atoms with Crippen LogP contribution in [0.25, 0.3) is 11.0 Å². The van der Waals surface area contributed by atoms with Crippen molar-refractivity contribution < 1.29 is 0 Å². The molecular weight excluding hydrogens is 305 g/mol. The Morgan fingerprint density at radius 2 is 2.00 bits per heavy atom. The van der Waals surface area contributed by atoms with E-state index in [2.05, 4.69) is 34.6 Å². The van der Waals surface area contributed by atoms with Crippen molar-refractivity contribution in [2.75, 3.05) is 14.1 Å². The molecule has 0 aliphatic heterocycles. The van der Waals surface area contributed by atoms with Crippen molar-refractivity contribution in [3.05, 3.63) is 29.0 Å². The zero-order chi connectivity index (χ0) is 15.0. The Morgan fingerprint density at radius 3 is 2.62 bits per heavy atom. The van der Waals surface area contributed by atoms with Crippen molar-refractivity contribution in [2.24, 2.45) is 0 Å². The number of likely N-dealkylation sites (N-methyl/N-ethyl adjacent to an activating group) is 1. The van der Waals surface area contributed by atoms with Crippen LogP contribution in [-0.4, -0.2) is 34.1 Å². The van der Waals surface area contributed by atoms with Gasteiger partial charge in [0.2, 0.25) is 0 Å². The maximum Gasteiger partial charge on any atom is 0.124 e. The molecule has 1 aliphatic carbocycles. The summed E-state index contributed by atoms with van der Waals surface area (Å²) in [6.07, 6.45) is 5.04. The van der Waals surface area contributed by atoms with E-state index in [-0.39, 0.29) is 5.54 Å². The van der Waals surface area contributed by atoms with Gasteiger partial charge in [-0.05, 0) is 39.1 Å². The highest BCUT2D eigenvalue weighted by atomic mass is 35.5. The first-order valence-electron chi connectivity index (χ1n) is 7.44. The van der Waals surface area contributed by atoms with E-state index in [0.29, 0.717) is 10.9 Å². The first-order chi connectivity index (χ1) is 10.1. The SMILES string of the molecule is CN(C)C1(Cn2c(CCl)nc3c(Cl)cccc32)CCCC1. The summed E-state index contributed by atoms with van der Waals surface area (Å²) >= 11 is 12.4. The third-order valence-corrected chi connectivity index (χ3v) is 5.41. The fourth-order valence-electron chi connectivity index (χ4n) is 3.51. The lowest BCUT2D eigenvalue weighted by molar-refractivity contribution is 0.134. The molecule has 3 rings (SSSR count). The number of nitrogens with zero attached hydrogens (tertiary/aromatic N) is 3. The molecule has 1 aromatic heterocycles. The van der Waals surface area contributed by atoms with Gasteiger partial charge in [0.1, 0.15) is 11.3 Å². The van der Waals surface area contributed by atoms with Crippen LogP contribution in [0.3, 0.4) is 0 Å². The van der Waals surface area contributed by atoms with Gasteiger partial charge in [0.05, 0.1) is 16.4 Å². The van der Waals surface area contributed by atoms with Gasteiger partial charge in [-0.3, -0.25) is 0 Å². The molecule has 1 heterocycles. The third kappa shape index (κ3) is 2.56. The second-order valence-electron chi connectivity index (χ2n) is 6.18. The average molecular weight is 326 g/mol. The fraction of sp³-hybridized carbons (Fsp3) is 0.562. The predicted molar refractivity (Wildman–Crippen MR) is 89.2 cm³/mol. The molecular formula is C16H21Cl2N3. The lowest BCUT2D eigenvalue weighted by atomic mass is 9.95. The Kier molecular flexibility index (Phi) is 4.17. The van der Waals surface area contributed by atoms with Gasteiger partial charge in [-0.15, -0.1) is 11.6 Å². The van der Waals surface area contributed by atoms with Crippen LogP contribution in [0.4, 0.5) is 0 Å². The van der Waals surface area contributed by atoms with Crippen LogP contribution in [0.15, 0.2) is 18.2 Å². The van der Waals surface area contributed by atoms with Gasteiger partial charge in [-0.25, -0.2) is 4.98 Å². The number of aromatic nitrogens is 2. The summed E-state index contributed by atoms with van der Waals surface area (Å²) in [7, 11) is 4.36. The lowest BCUT2D eigenvalue weighted by Gasteiger charge is -2.37. The van der Waals surface area contributed by atoms with Crippen molar-refractivity contribution in [1.29, 1.82) is 0 Å². The Hall–Kier alpha value is -0.770. The zero-order valence-corrected chi connectivity index (χ0v) is 14.1. The van der Waals surface area contributed by atoms with E-state index in [4.69, 9.17) is 23.2 Å². The largest absolute Gasteiger partial charge is 0.325 e. The molecule has 0 atom stereocenters. The first-order valence-corrected chi connectivity index (χ1v) is 8.36. The van der Waals surface area contributed by atoms with Crippen LogP contribution in [-0.2, 0) is 12.4 Å². The standard InChI is InChI=1S/C16H21Cl2N3/c1-20(2)16(8-3-4-9-16)11-21-13-7-5-6-12(18)15(13)19-14(21)10-17/h5-7H,3-4,8-11H2,1-2H3. The van der Waals surface area contributed by atoms with E-state index >= 15 is 0 Å². The number of halogens is 2. The van der Waals surface area contributed by atoms with Gasteiger partial charge in [-0.2, -0.15) is 0 Å². The first kappa shape index (κ1) is 15.1. The minimum Gasteiger partial charge on any atom is -0.325 e. The highest BCUT2D eigenvalue weighted by molar-refractivity contribution is 6.35.